The van der Waals surface area contributed by atoms with Crippen LogP contribution in [-0.4, -0.2) is 54.4 Å². The van der Waals surface area contributed by atoms with Gasteiger partial charge in [0.25, 0.3) is 5.91 Å². The van der Waals surface area contributed by atoms with Gasteiger partial charge in [-0.15, -0.1) is 0 Å². The molecule has 7 nitrogen and oxygen atoms in total. The van der Waals surface area contributed by atoms with Gasteiger partial charge in [0.15, 0.2) is 9.84 Å². The molecule has 39 heavy (non-hydrogen) atoms. The Balaban J connectivity index is 1.41. The second-order valence-corrected chi connectivity index (χ2v) is 12.8. The zero-order valence-corrected chi connectivity index (χ0v) is 23.1. The van der Waals surface area contributed by atoms with Crippen LogP contribution in [-0.2, 0) is 16.4 Å². The van der Waals surface area contributed by atoms with Crippen molar-refractivity contribution in [3.63, 3.8) is 0 Å². The topological polar surface area (TPSA) is 99.6 Å². The van der Waals surface area contributed by atoms with E-state index in [0.29, 0.717) is 37.1 Å². The van der Waals surface area contributed by atoms with Gasteiger partial charge in [-0.3, -0.25) is 14.7 Å². The van der Waals surface area contributed by atoms with Crippen LogP contribution in [0.1, 0.15) is 85.2 Å². The second-order valence-electron chi connectivity index (χ2n) is 10.6. The van der Waals surface area contributed by atoms with Crippen molar-refractivity contribution >= 4 is 15.7 Å². The Morgan fingerprint density at radius 2 is 1.82 bits per heavy atom. The maximum absolute atomic E-state index is 13.1. The fourth-order valence-electron chi connectivity index (χ4n) is 5.77. The second kappa shape index (κ2) is 11.9. The Morgan fingerprint density at radius 1 is 1.15 bits per heavy atom. The molecule has 1 aliphatic heterocycles. The molecule has 0 saturated heterocycles. The number of hydrogen-bond donors (Lipinski definition) is 2. The number of halogens is 3. The van der Waals surface area contributed by atoms with Gasteiger partial charge < -0.3 is 10.4 Å². The van der Waals surface area contributed by atoms with Gasteiger partial charge in [-0.05, 0) is 67.3 Å². The van der Waals surface area contributed by atoms with E-state index in [1.165, 1.54) is 18.3 Å². The van der Waals surface area contributed by atoms with Crippen molar-refractivity contribution in [3.8, 4) is 0 Å². The summed E-state index contributed by atoms with van der Waals surface area (Å²) in [7, 11) is -3.36. The highest BCUT2D eigenvalue weighted by atomic mass is 32.2. The summed E-state index contributed by atoms with van der Waals surface area (Å²) < 4.78 is 63.3. The van der Waals surface area contributed by atoms with Crippen molar-refractivity contribution < 1.29 is 31.5 Å². The highest BCUT2D eigenvalue weighted by molar-refractivity contribution is 7.91. The van der Waals surface area contributed by atoms with E-state index in [1.54, 1.807) is 25.1 Å². The summed E-state index contributed by atoms with van der Waals surface area (Å²) in [5.74, 6) is -1.42. The lowest BCUT2D eigenvalue weighted by atomic mass is 9.81. The van der Waals surface area contributed by atoms with Gasteiger partial charge in [-0.1, -0.05) is 26.0 Å². The zero-order valence-electron chi connectivity index (χ0n) is 22.2. The van der Waals surface area contributed by atoms with Gasteiger partial charge in [0, 0.05) is 19.3 Å². The van der Waals surface area contributed by atoms with Crippen molar-refractivity contribution in [1.29, 1.82) is 0 Å². The van der Waals surface area contributed by atoms with Crippen LogP contribution in [0.3, 0.4) is 0 Å². The van der Waals surface area contributed by atoms with Crippen molar-refractivity contribution in [2.45, 2.75) is 75.7 Å². The molecule has 4 rings (SSSR count). The van der Waals surface area contributed by atoms with Crippen LogP contribution >= 0.6 is 0 Å². The molecule has 2 heterocycles. The Labute approximate surface area is 227 Å². The average molecular weight is 568 g/mol. The molecule has 1 aliphatic carbocycles. The SMILES string of the molecule is CC[C@@H]1c2ncc(C(=O)N[C@@H](CO)c3ccc(S(=O)(=O)CC)cc3)cc2CN1CC1CCC(C(F)(F)F)CC1. The number of rotatable bonds is 9. The van der Waals surface area contributed by atoms with Gasteiger partial charge in [-0.2, -0.15) is 13.2 Å². The number of nitrogens with one attached hydrogen (secondary N) is 1. The first-order valence-electron chi connectivity index (χ1n) is 13.5. The molecule has 214 valence electrons. The standard InChI is InChI=1S/C28H36F3N3O4S/c1-3-25-26-21(16-34(25)15-18-5-9-22(10-6-18)28(29,30)31)13-20(14-32-26)27(36)33-24(17-35)19-7-11-23(12-8-19)39(37,38)4-2/h7-8,11-14,18,22,24-25,35H,3-6,9-10,15-17H2,1-2H3,(H,33,36)/t18?,22?,24-,25+/m0/s1. The number of aliphatic hydroxyl groups is 1. The third kappa shape index (κ3) is 6.63. The predicted molar refractivity (Wildman–Crippen MR) is 141 cm³/mol. The fraction of sp³-hybridized carbons (Fsp3) is 0.571. The van der Waals surface area contributed by atoms with Crippen molar-refractivity contribution in [2.75, 3.05) is 18.9 Å². The Hall–Kier alpha value is -2.50. The van der Waals surface area contributed by atoms with Crippen LogP contribution in [0, 0.1) is 11.8 Å². The number of nitrogens with zero attached hydrogens (tertiary/aromatic N) is 2. The quantitative estimate of drug-likeness (QED) is 0.444. The van der Waals surface area contributed by atoms with Gasteiger partial charge in [0.2, 0.25) is 0 Å². The average Bonchev–Trinajstić information content (AvgIpc) is 3.27. The first-order chi connectivity index (χ1) is 18.5. The van der Waals surface area contributed by atoms with Gasteiger partial charge >= 0.3 is 6.18 Å². The molecule has 1 aromatic heterocycles. The van der Waals surface area contributed by atoms with Gasteiger partial charge in [0.05, 0.1) is 46.5 Å². The summed E-state index contributed by atoms with van der Waals surface area (Å²) in [6.45, 7) is 4.54. The van der Waals surface area contributed by atoms with Crippen LogP contribution < -0.4 is 5.32 Å². The highest BCUT2D eigenvalue weighted by Gasteiger charge is 2.42. The molecule has 2 N–H and O–H groups in total. The molecule has 0 bridgehead atoms. The molecular weight excluding hydrogens is 531 g/mol. The number of pyridine rings is 1. The molecule has 0 unspecified atom stereocenters. The van der Waals surface area contributed by atoms with E-state index in [4.69, 9.17) is 0 Å². The lowest BCUT2D eigenvalue weighted by molar-refractivity contribution is -0.184. The fourth-order valence-corrected chi connectivity index (χ4v) is 6.66. The van der Waals surface area contributed by atoms with Gasteiger partial charge in [-0.25, -0.2) is 8.42 Å². The van der Waals surface area contributed by atoms with Crippen LogP contribution in [0.4, 0.5) is 13.2 Å². The van der Waals surface area contributed by atoms with Crippen LogP contribution in [0.15, 0.2) is 41.4 Å². The van der Waals surface area contributed by atoms with E-state index in [-0.39, 0.29) is 42.1 Å². The lowest BCUT2D eigenvalue weighted by Gasteiger charge is -2.33. The third-order valence-electron chi connectivity index (χ3n) is 8.09. The molecule has 1 saturated carbocycles. The number of amides is 1. The molecular formula is C28H36F3N3O4S. The number of aliphatic hydroxyl groups excluding tert-OH is 1. The normalized spacial score (nSPS) is 22.9. The largest absolute Gasteiger partial charge is 0.394 e. The number of alkyl halides is 3. The molecule has 0 radical (unpaired) electrons. The van der Waals surface area contributed by atoms with Crippen LogP contribution in [0.5, 0.6) is 0 Å². The van der Waals surface area contributed by atoms with E-state index in [2.05, 4.69) is 22.1 Å². The third-order valence-corrected chi connectivity index (χ3v) is 9.84. The lowest BCUT2D eigenvalue weighted by Crippen LogP contribution is -2.33. The zero-order chi connectivity index (χ0) is 28.4. The maximum atomic E-state index is 13.1. The number of benzene rings is 1. The highest BCUT2D eigenvalue weighted by Crippen LogP contribution is 2.42. The number of carbonyl (C=O) groups is 1. The number of carbonyl (C=O) groups excluding carboxylic acids is 1. The first-order valence-corrected chi connectivity index (χ1v) is 15.2. The molecule has 1 aromatic carbocycles. The summed E-state index contributed by atoms with van der Waals surface area (Å²) in [5.41, 5.74) is 2.74. The van der Waals surface area contributed by atoms with Gasteiger partial charge in [0.1, 0.15) is 0 Å². The Bertz CT molecular complexity index is 1260. The van der Waals surface area contributed by atoms with E-state index < -0.39 is 33.9 Å². The summed E-state index contributed by atoms with van der Waals surface area (Å²) in [4.78, 5) is 20.1. The van der Waals surface area contributed by atoms with Crippen LogP contribution in [0.2, 0.25) is 0 Å². The van der Waals surface area contributed by atoms with E-state index in [1.807, 2.05) is 0 Å². The molecule has 2 atom stereocenters. The number of fused-ring (bicyclic) bond motifs is 1. The molecule has 2 aromatic rings. The molecule has 2 aliphatic rings. The molecule has 1 fully saturated rings. The monoisotopic (exact) mass is 567 g/mol. The number of sulfone groups is 1. The maximum Gasteiger partial charge on any atom is 0.391 e. The summed E-state index contributed by atoms with van der Waals surface area (Å²) >= 11 is 0. The summed E-state index contributed by atoms with van der Waals surface area (Å²) in [5, 5.41) is 12.7. The van der Waals surface area contributed by atoms with E-state index >= 15 is 0 Å². The molecule has 11 heteroatoms. The summed E-state index contributed by atoms with van der Waals surface area (Å²) in [6, 6.07) is 7.22. The van der Waals surface area contributed by atoms with Crippen molar-refractivity contribution in [2.24, 2.45) is 11.8 Å². The van der Waals surface area contributed by atoms with Crippen LogP contribution in [0.25, 0.3) is 0 Å². The Kier molecular flexibility index (Phi) is 9.02. The Morgan fingerprint density at radius 3 is 2.38 bits per heavy atom. The van der Waals surface area contributed by atoms with E-state index in [9.17, 15) is 31.5 Å². The summed E-state index contributed by atoms with van der Waals surface area (Å²) in [6.07, 6.45) is -0.324. The number of aromatic nitrogens is 1. The minimum atomic E-state index is -4.12. The predicted octanol–water partition coefficient (Wildman–Crippen LogP) is 4.97. The smallest absolute Gasteiger partial charge is 0.391 e. The van der Waals surface area contributed by atoms with Crippen molar-refractivity contribution in [3.05, 3.63) is 58.9 Å². The first kappa shape index (κ1) is 29.5. The van der Waals surface area contributed by atoms with E-state index in [0.717, 1.165) is 17.7 Å². The minimum Gasteiger partial charge on any atom is -0.394 e. The van der Waals surface area contributed by atoms with Crippen molar-refractivity contribution in [1.82, 2.24) is 15.2 Å². The molecule has 1 amide bonds. The molecule has 0 spiro atoms. The number of hydrogen-bond acceptors (Lipinski definition) is 6. The minimum absolute atomic E-state index is 0.0205.